The molecule has 5 rings (SSSR count). The summed E-state index contributed by atoms with van der Waals surface area (Å²) in [6.07, 6.45) is 0.908. The molecule has 3 heterocycles. The number of hydrogen-bond acceptors (Lipinski definition) is 4. The minimum Gasteiger partial charge on any atom is -0.379 e. The second-order valence-corrected chi connectivity index (χ2v) is 8.33. The predicted molar refractivity (Wildman–Crippen MR) is 128 cm³/mol. The monoisotopic (exact) mass is 428 g/mol. The minimum absolute atomic E-state index is 0.131. The van der Waals surface area contributed by atoms with Crippen molar-refractivity contribution in [2.45, 2.75) is 13.3 Å². The molecule has 0 aliphatic carbocycles. The topological polar surface area (TPSA) is 70.2 Å². The van der Waals surface area contributed by atoms with Crippen LogP contribution in [0.15, 0.2) is 54.6 Å². The Bertz CT molecular complexity index is 1260. The summed E-state index contributed by atoms with van der Waals surface area (Å²) in [7, 11) is 0. The molecule has 0 spiro atoms. The Morgan fingerprint density at radius 2 is 1.88 bits per heavy atom. The molecule has 0 saturated carbocycles. The lowest BCUT2D eigenvalue weighted by atomic mass is 10.0. The highest BCUT2D eigenvalue weighted by Gasteiger charge is 2.18. The highest BCUT2D eigenvalue weighted by molar-refractivity contribution is 6.13. The van der Waals surface area contributed by atoms with Crippen molar-refractivity contribution >= 4 is 27.7 Å². The molecule has 6 nitrogen and oxygen atoms in total. The maximum atomic E-state index is 13.0. The standard InChI is InChI=1S/C26H28N4O2/c1-18-7-2-3-8-19(18)24-25-21(20-9-4-5-10-22(20)28-25)17-23(29-24)26(31)27-11-6-12-30-13-15-32-16-14-30/h2-5,7-10,17,28H,6,11-16H2,1H3,(H,27,31). The molecular weight excluding hydrogens is 400 g/mol. The number of hydrogen-bond donors (Lipinski definition) is 2. The third kappa shape index (κ3) is 4.11. The molecule has 1 aliphatic rings. The first-order valence-electron chi connectivity index (χ1n) is 11.3. The van der Waals surface area contributed by atoms with Crippen molar-refractivity contribution in [3.05, 3.63) is 65.9 Å². The van der Waals surface area contributed by atoms with Gasteiger partial charge < -0.3 is 15.0 Å². The third-order valence-corrected chi connectivity index (χ3v) is 6.17. The van der Waals surface area contributed by atoms with Crippen molar-refractivity contribution in [2.75, 3.05) is 39.4 Å². The van der Waals surface area contributed by atoms with Crippen molar-refractivity contribution in [3.8, 4) is 11.3 Å². The van der Waals surface area contributed by atoms with Gasteiger partial charge in [0.05, 0.1) is 24.4 Å². The van der Waals surface area contributed by atoms with Gasteiger partial charge in [0.25, 0.3) is 5.91 Å². The average Bonchev–Trinajstić information content (AvgIpc) is 3.21. The zero-order valence-electron chi connectivity index (χ0n) is 18.4. The molecule has 0 radical (unpaired) electrons. The lowest BCUT2D eigenvalue weighted by molar-refractivity contribution is 0.0374. The van der Waals surface area contributed by atoms with Crippen LogP contribution in [0.2, 0.25) is 0 Å². The van der Waals surface area contributed by atoms with E-state index >= 15 is 0 Å². The number of nitrogens with one attached hydrogen (secondary N) is 2. The third-order valence-electron chi connectivity index (χ3n) is 6.17. The number of nitrogens with zero attached hydrogens (tertiary/aromatic N) is 2. The number of carbonyl (C=O) groups excluding carboxylic acids is 1. The number of benzene rings is 2. The van der Waals surface area contributed by atoms with Crippen LogP contribution >= 0.6 is 0 Å². The van der Waals surface area contributed by atoms with E-state index in [1.807, 2.05) is 30.3 Å². The molecule has 2 aromatic carbocycles. The fourth-order valence-corrected chi connectivity index (χ4v) is 4.42. The Kier molecular flexibility index (Phi) is 5.88. The number of ether oxygens (including phenoxy) is 1. The Balaban J connectivity index is 1.44. The second kappa shape index (κ2) is 9.10. The fourth-order valence-electron chi connectivity index (χ4n) is 4.42. The van der Waals surface area contributed by atoms with Crippen LogP contribution in [0.25, 0.3) is 33.1 Å². The van der Waals surface area contributed by atoms with Gasteiger partial charge in [-0.05, 0) is 37.6 Å². The highest BCUT2D eigenvalue weighted by Crippen LogP contribution is 2.33. The van der Waals surface area contributed by atoms with E-state index in [1.165, 1.54) is 0 Å². The van der Waals surface area contributed by atoms with Crippen molar-refractivity contribution in [3.63, 3.8) is 0 Å². The van der Waals surface area contributed by atoms with E-state index in [2.05, 4.69) is 46.4 Å². The number of rotatable bonds is 6. The lowest BCUT2D eigenvalue weighted by Crippen LogP contribution is -2.38. The molecule has 0 bridgehead atoms. The number of H-pyrrole nitrogens is 1. The summed E-state index contributed by atoms with van der Waals surface area (Å²) < 4.78 is 5.39. The molecule has 2 aromatic heterocycles. The fraction of sp³-hybridized carbons (Fsp3) is 0.308. The van der Waals surface area contributed by atoms with Gasteiger partial charge in [-0.15, -0.1) is 0 Å². The summed E-state index contributed by atoms with van der Waals surface area (Å²) in [5, 5.41) is 5.19. The van der Waals surface area contributed by atoms with Crippen LogP contribution in [0.3, 0.4) is 0 Å². The van der Waals surface area contributed by atoms with Gasteiger partial charge in [0.1, 0.15) is 5.69 Å². The summed E-state index contributed by atoms with van der Waals surface area (Å²) >= 11 is 0. The molecule has 1 fully saturated rings. The molecule has 1 saturated heterocycles. The van der Waals surface area contributed by atoms with Crippen LogP contribution in [-0.2, 0) is 4.74 Å². The van der Waals surface area contributed by atoms with Gasteiger partial charge in [0.2, 0.25) is 0 Å². The van der Waals surface area contributed by atoms with Gasteiger partial charge in [-0.25, -0.2) is 4.98 Å². The zero-order chi connectivity index (χ0) is 21.9. The second-order valence-electron chi connectivity index (χ2n) is 8.33. The predicted octanol–water partition coefficient (Wildman–Crippen LogP) is 4.14. The van der Waals surface area contributed by atoms with Crippen LogP contribution in [0.4, 0.5) is 0 Å². The normalized spacial score (nSPS) is 14.8. The minimum atomic E-state index is -0.131. The van der Waals surface area contributed by atoms with Gasteiger partial charge in [-0.3, -0.25) is 9.69 Å². The Hall–Kier alpha value is -3.22. The maximum absolute atomic E-state index is 13.0. The number of fused-ring (bicyclic) bond motifs is 3. The van der Waals surface area contributed by atoms with E-state index < -0.39 is 0 Å². The van der Waals surface area contributed by atoms with Crippen LogP contribution in [0.1, 0.15) is 22.5 Å². The summed E-state index contributed by atoms with van der Waals surface area (Å²) in [6.45, 7) is 7.19. The smallest absolute Gasteiger partial charge is 0.269 e. The first kappa shape index (κ1) is 20.7. The highest BCUT2D eigenvalue weighted by atomic mass is 16.5. The molecule has 4 aromatic rings. The van der Waals surface area contributed by atoms with Crippen molar-refractivity contribution in [2.24, 2.45) is 0 Å². The first-order valence-corrected chi connectivity index (χ1v) is 11.3. The van der Waals surface area contributed by atoms with Crippen LogP contribution < -0.4 is 5.32 Å². The lowest BCUT2D eigenvalue weighted by Gasteiger charge is -2.26. The Labute approximate surface area is 187 Å². The maximum Gasteiger partial charge on any atom is 0.269 e. The Morgan fingerprint density at radius 3 is 2.72 bits per heavy atom. The van der Waals surface area contributed by atoms with Gasteiger partial charge in [0.15, 0.2) is 0 Å². The van der Waals surface area contributed by atoms with Crippen molar-refractivity contribution < 1.29 is 9.53 Å². The number of carbonyl (C=O) groups is 1. The van der Waals surface area contributed by atoms with Crippen LogP contribution in [0, 0.1) is 6.92 Å². The molecule has 6 heteroatoms. The van der Waals surface area contributed by atoms with Crippen LogP contribution in [0.5, 0.6) is 0 Å². The van der Waals surface area contributed by atoms with Crippen molar-refractivity contribution in [1.29, 1.82) is 0 Å². The van der Waals surface area contributed by atoms with Gasteiger partial charge in [0, 0.05) is 41.5 Å². The molecule has 164 valence electrons. The molecular formula is C26H28N4O2. The number of morpholine rings is 1. The Morgan fingerprint density at radius 1 is 1.09 bits per heavy atom. The number of aromatic amines is 1. The summed E-state index contributed by atoms with van der Waals surface area (Å²) in [4.78, 5) is 23.8. The molecule has 1 amide bonds. The van der Waals surface area contributed by atoms with Crippen molar-refractivity contribution in [1.82, 2.24) is 20.2 Å². The number of aromatic nitrogens is 2. The number of aryl methyl sites for hydroxylation is 1. The molecule has 1 aliphatic heterocycles. The number of pyridine rings is 1. The molecule has 0 unspecified atom stereocenters. The molecule has 32 heavy (non-hydrogen) atoms. The quantitative estimate of drug-likeness (QED) is 0.453. The summed E-state index contributed by atoms with van der Waals surface area (Å²) in [6, 6.07) is 18.3. The largest absolute Gasteiger partial charge is 0.379 e. The molecule has 2 N–H and O–H groups in total. The van der Waals surface area contributed by atoms with E-state index in [1.54, 1.807) is 0 Å². The van der Waals surface area contributed by atoms with E-state index in [4.69, 9.17) is 9.72 Å². The SMILES string of the molecule is Cc1ccccc1-c1nc(C(=O)NCCCN2CCOCC2)cc2c1[nH]c1ccccc12. The van der Waals surface area contributed by atoms with Gasteiger partial charge in [-0.2, -0.15) is 0 Å². The average molecular weight is 429 g/mol. The molecule has 0 atom stereocenters. The summed E-state index contributed by atoms with van der Waals surface area (Å²) in [5.41, 5.74) is 5.43. The van der Waals surface area contributed by atoms with E-state index in [0.717, 1.165) is 77.9 Å². The zero-order valence-corrected chi connectivity index (χ0v) is 18.4. The van der Waals surface area contributed by atoms with Crippen LogP contribution in [-0.4, -0.2) is 60.2 Å². The van der Waals surface area contributed by atoms with E-state index in [0.29, 0.717) is 12.2 Å². The van der Waals surface area contributed by atoms with E-state index in [9.17, 15) is 4.79 Å². The first-order chi connectivity index (χ1) is 15.7. The van der Waals surface area contributed by atoms with Gasteiger partial charge in [-0.1, -0.05) is 42.5 Å². The van der Waals surface area contributed by atoms with E-state index in [-0.39, 0.29) is 5.91 Å². The summed E-state index contributed by atoms with van der Waals surface area (Å²) in [5.74, 6) is -0.131. The number of para-hydroxylation sites is 1. The van der Waals surface area contributed by atoms with Gasteiger partial charge >= 0.3 is 0 Å². The number of amides is 1.